The summed E-state index contributed by atoms with van der Waals surface area (Å²) in [7, 11) is 1.47. The van der Waals surface area contributed by atoms with Crippen molar-refractivity contribution in [1.29, 1.82) is 0 Å². The molecule has 21 heavy (non-hydrogen) atoms. The Bertz CT molecular complexity index is 656. The van der Waals surface area contributed by atoms with Crippen molar-refractivity contribution < 1.29 is 14.3 Å². The van der Waals surface area contributed by atoms with Crippen molar-refractivity contribution in [3.8, 4) is 5.75 Å². The third kappa shape index (κ3) is 3.73. The van der Waals surface area contributed by atoms with Crippen LogP contribution in [0.3, 0.4) is 0 Å². The minimum Gasteiger partial charge on any atom is -0.495 e. The Morgan fingerprint density at radius 3 is 2.38 bits per heavy atom. The van der Waals surface area contributed by atoms with E-state index >= 15 is 0 Å². The Morgan fingerprint density at radius 1 is 1.05 bits per heavy atom. The van der Waals surface area contributed by atoms with Gasteiger partial charge >= 0.3 is 6.03 Å². The number of nitrogens with one attached hydrogen (secondary N) is 2. The van der Waals surface area contributed by atoms with Crippen LogP contribution in [0.1, 0.15) is 10.4 Å². The van der Waals surface area contributed by atoms with Crippen LogP contribution in [0, 0.1) is 0 Å². The predicted molar refractivity (Wildman–Crippen MR) is 80.6 cm³/mol. The SMILES string of the molecule is COc1ccc(C(N)=O)cc1NC(=O)Nc1ccccc1. The molecule has 0 aromatic heterocycles. The molecule has 0 aliphatic carbocycles. The number of ether oxygens (including phenoxy) is 1. The Hall–Kier alpha value is -3.02. The molecule has 0 bridgehead atoms. The maximum absolute atomic E-state index is 11.9. The van der Waals surface area contributed by atoms with Gasteiger partial charge in [0.1, 0.15) is 5.75 Å². The number of urea groups is 1. The summed E-state index contributed by atoms with van der Waals surface area (Å²) in [5.74, 6) is -0.146. The molecule has 6 heteroatoms. The topological polar surface area (TPSA) is 93.4 Å². The van der Waals surface area contributed by atoms with Gasteiger partial charge in [0.25, 0.3) is 0 Å². The number of carbonyl (C=O) groups is 2. The summed E-state index contributed by atoms with van der Waals surface area (Å²) in [6, 6.07) is 13.1. The van der Waals surface area contributed by atoms with Crippen molar-refractivity contribution in [2.24, 2.45) is 5.73 Å². The quantitative estimate of drug-likeness (QED) is 0.805. The van der Waals surface area contributed by atoms with E-state index < -0.39 is 11.9 Å². The molecule has 0 unspecified atom stereocenters. The number of benzene rings is 2. The van der Waals surface area contributed by atoms with Gasteiger partial charge in [-0.25, -0.2) is 4.79 Å². The second-order valence-corrected chi connectivity index (χ2v) is 4.22. The maximum atomic E-state index is 11.9. The monoisotopic (exact) mass is 285 g/mol. The molecular weight excluding hydrogens is 270 g/mol. The van der Waals surface area contributed by atoms with E-state index in [0.29, 0.717) is 17.1 Å². The van der Waals surface area contributed by atoms with E-state index in [9.17, 15) is 9.59 Å². The molecule has 0 heterocycles. The Kier molecular flexibility index (Phi) is 4.40. The first-order valence-corrected chi connectivity index (χ1v) is 6.21. The summed E-state index contributed by atoms with van der Waals surface area (Å²) < 4.78 is 5.14. The number of methoxy groups -OCH3 is 1. The Morgan fingerprint density at radius 2 is 1.76 bits per heavy atom. The molecule has 0 fully saturated rings. The zero-order chi connectivity index (χ0) is 15.2. The van der Waals surface area contributed by atoms with Crippen LogP contribution in [-0.4, -0.2) is 19.0 Å². The first kappa shape index (κ1) is 14.4. The standard InChI is InChI=1S/C15H15N3O3/c1-21-13-8-7-10(14(16)19)9-12(13)18-15(20)17-11-5-3-2-4-6-11/h2-9H,1H3,(H2,16,19)(H2,17,18,20). The van der Waals surface area contributed by atoms with E-state index in [2.05, 4.69) is 10.6 Å². The number of nitrogens with two attached hydrogens (primary N) is 1. The number of para-hydroxylation sites is 1. The van der Waals surface area contributed by atoms with E-state index in [1.165, 1.54) is 19.2 Å². The van der Waals surface area contributed by atoms with Crippen molar-refractivity contribution >= 4 is 23.3 Å². The lowest BCUT2D eigenvalue weighted by Crippen LogP contribution is -2.20. The molecule has 0 aliphatic heterocycles. The molecule has 4 N–H and O–H groups in total. The molecule has 3 amide bonds. The molecular formula is C15H15N3O3. The molecule has 0 radical (unpaired) electrons. The fourth-order valence-corrected chi connectivity index (χ4v) is 1.77. The highest BCUT2D eigenvalue weighted by Gasteiger charge is 2.10. The van der Waals surface area contributed by atoms with Crippen LogP contribution in [0.15, 0.2) is 48.5 Å². The molecule has 0 atom stereocenters. The molecule has 0 aliphatic rings. The lowest BCUT2D eigenvalue weighted by molar-refractivity contribution is 0.1000. The second kappa shape index (κ2) is 6.42. The highest BCUT2D eigenvalue weighted by atomic mass is 16.5. The first-order chi connectivity index (χ1) is 10.1. The van der Waals surface area contributed by atoms with Gasteiger partial charge in [0.2, 0.25) is 5.91 Å². The first-order valence-electron chi connectivity index (χ1n) is 6.21. The number of carbonyl (C=O) groups excluding carboxylic acids is 2. The van der Waals surface area contributed by atoms with Crippen molar-refractivity contribution in [1.82, 2.24) is 0 Å². The molecule has 2 aromatic carbocycles. The van der Waals surface area contributed by atoms with Gasteiger partial charge in [-0.05, 0) is 30.3 Å². The number of hydrogen-bond donors (Lipinski definition) is 3. The molecule has 6 nitrogen and oxygen atoms in total. The number of primary amides is 1. The Labute approximate surface area is 121 Å². The van der Waals surface area contributed by atoms with E-state index in [4.69, 9.17) is 10.5 Å². The van der Waals surface area contributed by atoms with Gasteiger partial charge in [-0.1, -0.05) is 18.2 Å². The van der Waals surface area contributed by atoms with Crippen molar-refractivity contribution in [2.75, 3.05) is 17.7 Å². The van der Waals surface area contributed by atoms with Gasteiger partial charge in [0.15, 0.2) is 0 Å². The van der Waals surface area contributed by atoms with Gasteiger partial charge in [0.05, 0.1) is 12.8 Å². The van der Waals surface area contributed by atoms with E-state index in [0.717, 1.165) is 0 Å². The van der Waals surface area contributed by atoms with Crippen LogP contribution in [0.2, 0.25) is 0 Å². The fraction of sp³-hybridized carbons (Fsp3) is 0.0667. The normalized spacial score (nSPS) is 9.76. The molecule has 108 valence electrons. The van der Waals surface area contributed by atoms with E-state index in [1.807, 2.05) is 18.2 Å². The summed E-state index contributed by atoms with van der Waals surface area (Å²) in [4.78, 5) is 23.1. The van der Waals surface area contributed by atoms with Crippen LogP contribution in [0.5, 0.6) is 5.75 Å². The van der Waals surface area contributed by atoms with Crippen LogP contribution in [0.25, 0.3) is 0 Å². The summed E-state index contributed by atoms with van der Waals surface area (Å²) >= 11 is 0. The molecule has 0 spiro atoms. The lowest BCUT2D eigenvalue weighted by Gasteiger charge is -2.12. The smallest absolute Gasteiger partial charge is 0.323 e. The lowest BCUT2D eigenvalue weighted by atomic mass is 10.2. The zero-order valence-corrected chi connectivity index (χ0v) is 11.4. The number of amides is 3. The van der Waals surface area contributed by atoms with E-state index in [1.54, 1.807) is 18.2 Å². The number of rotatable bonds is 4. The van der Waals surface area contributed by atoms with Crippen molar-refractivity contribution in [3.05, 3.63) is 54.1 Å². The zero-order valence-electron chi connectivity index (χ0n) is 11.4. The fourth-order valence-electron chi connectivity index (χ4n) is 1.77. The average Bonchev–Trinajstić information content (AvgIpc) is 2.48. The maximum Gasteiger partial charge on any atom is 0.323 e. The van der Waals surface area contributed by atoms with Gasteiger partial charge < -0.3 is 21.1 Å². The highest BCUT2D eigenvalue weighted by molar-refractivity contribution is 6.02. The largest absolute Gasteiger partial charge is 0.495 e. The van der Waals surface area contributed by atoms with Crippen LogP contribution >= 0.6 is 0 Å². The Balaban J connectivity index is 2.16. The number of anilines is 2. The van der Waals surface area contributed by atoms with Crippen LogP contribution in [0.4, 0.5) is 16.2 Å². The van der Waals surface area contributed by atoms with Crippen molar-refractivity contribution in [2.45, 2.75) is 0 Å². The minimum absolute atomic E-state index is 0.283. The van der Waals surface area contributed by atoms with E-state index in [-0.39, 0.29) is 5.56 Å². The van der Waals surface area contributed by atoms with Gasteiger partial charge in [-0.2, -0.15) is 0 Å². The van der Waals surface area contributed by atoms with Crippen LogP contribution < -0.4 is 21.1 Å². The molecule has 0 saturated carbocycles. The molecule has 2 rings (SSSR count). The summed E-state index contributed by atoms with van der Waals surface area (Å²) in [6.45, 7) is 0. The second-order valence-electron chi connectivity index (χ2n) is 4.22. The minimum atomic E-state index is -0.579. The average molecular weight is 285 g/mol. The summed E-state index contributed by atoms with van der Waals surface area (Å²) in [5.41, 5.74) is 6.52. The highest BCUT2D eigenvalue weighted by Crippen LogP contribution is 2.25. The third-order valence-corrected chi connectivity index (χ3v) is 2.76. The molecule has 0 saturated heterocycles. The van der Waals surface area contributed by atoms with Crippen LogP contribution in [-0.2, 0) is 0 Å². The summed E-state index contributed by atoms with van der Waals surface area (Å²) in [6.07, 6.45) is 0. The van der Waals surface area contributed by atoms with Crippen molar-refractivity contribution in [3.63, 3.8) is 0 Å². The van der Waals surface area contributed by atoms with Gasteiger partial charge in [0, 0.05) is 11.3 Å². The summed E-state index contributed by atoms with van der Waals surface area (Å²) in [5, 5.41) is 5.29. The van der Waals surface area contributed by atoms with Gasteiger partial charge in [-0.15, -0.1) is 0 Å². The predicted octanol–water partition coefficient (Wildman–Crippen LogP) is 2.44. The molecule has 2 aromatic rings. The van der Waals surface area contributed by atoms with Gasteiger partial charge in [-0.3, -0.25) is 4.79 Å². The number of hydrogen-bond acceptors (Lipinski definition) is 3. The third-order valence-electron chi connectivity index (χ3n) is 2.76.